The Balaban J connectivity index is 1.92. The maximum Gasteiger partial charge on any atom is 0.251 e. The van der Waals surface area contributed by atoms with Crippen LogP contribution in [0.5, 0.6) is 5.75 Å². The molecule has 0 radical (unpaired) electrons. The van der Waals surface area contributed by atoms with Crippen molar-refractivity contribution in [2.75, 3.05) is 7.11 Å². The quantitative estimate of drug-likeness (QED) is 0.854. The van der Waals surface area contributed by atoms with Crippen LogP contribution in [0, 0.1) is 13.8 Å². The van der Waals surface area contributed by atoms with Gasteiger partial charge in [-0.15, -0.1) is 0 Å². The first kappa shape index (κ1) is 15.5. The van der Waals surface area contributed by atoms with Gasteiger partial charge in [0.1, 0.15) is 5.75 Å². The van der Waals surface area contributed by atoms with E-state index in [0.717, 1.165) is 16.9 Å². The van der Waals surface area contributed by atoms with Crippen molar-refractivity contribution in [1.82, 2.24) is 15.0 Å². The Labute approximate surface area is 135 Å². The molecular formula is C15H16N4O3S. The fourth-order valence-electron chi connectivity index (χ4n) is 2.45. The van der Waals surface area contributed by atoms with E-state index in [1.807, 2.05) is 13.8 Å². The van der Waals surface area contributed by atoms with Gasteiger partial charge in [0.05, 0.1) is 34.7 Å². The van der Waals surface area contributed by atoms with Gasteiger partial charge in [-0.25, -0.2) is 4.98 Å². The molecule has 1 aliphatic rings. The van der Waals surface area contributed by atoms with Crippen molar-refractivity contribution in [3.05, 3.63) is 33.9 Å². The predicted octanol–water partition coefficient (Wildman–Crippen LogP) is 0.0683. The Bertz CT molecular complexity index is 933. The van der Waals surface area contributed by atoms with Gasteiger partial charge < -0.3 is 9.72 Å². The van der Waals surface area contributed by atoms with Crippen molar-refractivity contribution in [2.24, 2.45) is 4.99 Å². The Morgan fingerprint density at radius 1 is 1.39 bits per heavy atom. The van der Waals surface area contributed by atoms with Crippen molar-refractivity contribution in [3.63, 3.8) is 0 Å². The summed E-state index contributed by atoms with van der Waals surface area (Å²) in [4.78, 5) is 26.6. The molecule has 0 spiro atoms. The Morgan fingerprint density at radius 3 is 2.91 bits per heavy atom. The number of fused-ring (bicyclic) bond motifs is 1. The van der Waals surface area contributed by atoms with Crippen molar-refractivity contribution in [2.45, 2.75) is 31.2 Å². The molecule has 7 nitrogen and oxygen atoms in total. The fraction of sp³-hybridized carbons (Fsp3) is 0.333. The number of methoxy groups -OCH3 is 1. The lowest BCUT2D eigenvalue weighted by Crippen LogP contribution is -2.29. The fourth-order valence-corrected chi connectivity index (χ4v) is 3.54. The van der Waals surface area contributed by atoms with Gasteiger partial charge in [0.25, 0.3) is 5.91 Å². The number of nitrogens with zero attached hydrogens (tertiary/aromatic N) is 3. The van der Waals surface area contributed by atoms with E-state index in [1.54, 1.807) is 19.4 Å². The highest BCUT2D eigenvalue weighted by Gasteiger charge is 2.16. The number of amides is 1. The van der Waals surface area contributed by atoms with Gasteiger partial charge in [-0.1, -0.05) is 0 Å². The molecule has 2 aromatic heterocycles. The zero-order chi connectivity index (χ0) is 16.6. The monoisotopic (exact) mass is 332 g/mol. The maximum absolute atomic E-state index is 12.5. The van der Waals surface area contributed by atoms with Gasteiger partial charge in [0.2, 0.25) is 0 Å². The Hall–Kier alpha value is -2.35. The largest absolute Gasteiger partial charge is 0.496 e. The molecule has 0 bridgehead atoms. The lowest BCUT2D eigenvalue weighted by molar-refractivity contribution is -0.117. The highest BCUT2D eigenvalue weighted by Crippen LogP contribution is 2.25. The molecule has 1 unspecified atom stereocenters. The van der Waals surface area contributed by atoms with Crippen molar-refractivity contribution in [1.29, 1.82) is 0 Å². The maximum atomic E-state index is 12.5. The number of H-pyrrole nitrogens is 1. The second-order valence-corrected chi connectivity index (χ2v) is 6.60. The van der Waals surface area contributed by atoms with Crippen LogP contribution in [0.2, 0.25) is 0 Å². The summed E-state index contributed by atoms with van der Waals surface area (Å²) in [6, 6.07) is 0. The summed E-state index contributed by atoms with van der Waals surface area (Å²) < 4.78 is 17.9. The molecule has 0 fully saturated rings. The van der Waals surface area contributed by atoms with E-state index in [-0.39, 0.29) is 18.1 Å². The first-order valence-corrected chi connectivity index (χ1v) is 8.36. The van der Waals surface area contributed by atoms with Crippen molar-refractivity contribution < 1.29 is 13.7 Å². The predicted molar refractivity (Wildman–Crippen MR) is 83.8 cm³/mol. The molecule has 8 heteroatoms. The van der Waals surface area contributed by atoms with Crippen LogP contribution in [-0.2, 0) is 21.3 Å². The van der Waals surface area contributed by atoms with Gasteiger partial charge in [-0.3, -0.25) is 14.0 Å². The number of rotatable bonds is 4. The molecule has 1 atom stereocenters. The first-order chi connectivity index (χ1) is 11.0. The van der Waals surface area contributed by atoms with Crippen LogP contribution in [0.3, 0.4) is 0 Å². The van der Waals surface area contributed by atoms with Gasteiger partial charge in [0, 0.05) is 23.7 Å². The molecule has 2 aromatic rings. The zero-order valence-electron chi connectivity index (χ0n) is 13.0. The third-order valence-electron chi connectivity index (χ3n) is 3.63. The standard InChI is InChI=1S/C15H16N4O3S/c1-8-6-16-11(9(2)13(8)22-3)7-23(21)15-17-10-4-5-12(20)18-14(10)19-15/h4,6H,5,7H2,1-3H3,(H,17,18,19,20). The molecule has 120 valence electrons. The average Bonchev–Trinajstić information content (AvgIpc) is 2.93. The van der Waals surface area contributed by atoms with E-state index in [0.29, 0.717) is 21.7 Å². The average molecular weight is 332 g/mol. The number of aromatic amines is 1. The van der Waals surface area contributed by atoms with Crippen LogP contribution in [0.1, 0.15) is 23.2 Å². The summed E-state index contributed by atoms with van der Waals surface area (Å²) in [7, 11) is 0.189. The second-order valence-electron chi connectivity index (χ2n) is 5.23. The highest BCUT2D eigenvalue weighted by molar-refractivity contribution is 7.84. The van der Waals surface area contributed by atoms with E-state index < -0.39 is 10.8 Å². The van der Waals surface area contributed by atoms with Gasteiger partial charge in [0.15, 0.2) is 10.6 Å². The molecule has 1 aliphatic heterocycles. The zero-order valence-corrected chi connectivity index (χ0v) is 13.9. The molecule has 23 heavy (non-hydrogen) atoms. The SMILES string of the molecule is COc1c(C)cnc(CS(=O)c2nc3c([nH]2)=CCC(=O)N=3)c1C. The summed E-state index contributed by atoms with van der Waals surface area (Å²) in [6.45, 7) is 3.80. The lowest BCUT2D eigenvalue weighted by atomic mass is 10.1. The van der Waals surface area contributed by atoms with E-state index in [1.165, 1.54) is 0 Å². The smallest absolute Gasteiger partial charge is 0.251 e. The number of carbonyl (C=O) groups excluding carboxylic acids is 1. The van der Waals surface area contributed by atoms with Crippen molar-refractivity contribution >= 4 is 22.8 Å². The number of aryl methyl sites for hydroxylation is 1. The molecule has 0 saturated heterocycles. The van der Waals surface area contributed by atoms with Gasteiger partial charge in [-0.2, -0.15) is 4.99 Å². The minimum absolute atomic E-state index is 0.211. The second kappa shape index (κ2) is 6.04. The number of hydrogen-bond acceptors (Lipinski definition) is 5. The molecule has 3 heterocycles. The van der Waals surface area contributed by atoms with Crippen LogP contribution < -0.4 is 15.6 Å². The molecule has 0 aromatic carbocycles. The van der Waals surface area contributed by atoms with E-state index in [9.17, 15) is 9.00 Å². The van der Waals surface area contributed by atoms with Crippen LogP contribution in [0.25, 0.3) is 6.08 Å². The van der Waals surface area contributed by atoms with Gasteiger partial charge >= 0.3 is 0 Å². The number of imidazole rings is 1. The minimum Gasteiger partial charge on any atom is -0.496 e. The minimum atomic E-state index is -1.41. The number of carbonyl (C=O) groups is 1. The molecule has 1 amide bonds. The van der Waals surface area contributed by atoms with Crippen LogP contribution >= 0.6 is 0 Å². The summed E-state index contributed by atoms with van der Waals surface area (Å²) in [5.74, 6) is 0.713. The third-order valence-corrected chi connectivity index (χ3v) is 4.79. The van der Waals surface area contributed by atoms with Crippen molar-refractivity contribution in [3.8, 4) is 5.75 Å². The number of nitrogens with one attached hydrogen (secondary N) is 1. The Morgan fingerprint density at radius 2 is 2.17 bits per heavy atom. The van der Waals surface area contributed by atoms with Gasteiger partial charge in [-0.05, 0) is 19.9 Å². The molecule has 1 N–H and O–H groups in total. The normalized spacial score (nSPS) is 14.7. The highest BCUT2D eigenvalue weighted by atomic mass is 32.2. The number of pyridine rings is 1. The van der Waals surface area contributed by atoms with Crippen LogP contribution in [0.15, 0.2) is 16.3 Å². The lowest BCUT2D eigenvalue weighted by Gasteiger charge is -2.11. The van der Waals surface area contributed by atoms with E-state index in [2.05, 4.69) is 19.9 Å². The summed E-state index contributed by atoms with van der Waals surface area (Å²) in [5.41, 5.74) is 2.79. The number of aromatic nitrogens is 3. The molecular weight excluding hydrogens is 316 g/mol. The first-order valence-electron chi connectivity index (χ1n) is 7.04. The summed E-state index contributed by atoms with van der Waals surface area (Å²) in [5, 5.41) is 0.935. The molecule has 0 aliphatic carbocycles. The number of hydrogen-bond donors (Lipinski definition) is 1. The summed E-state index contributed by atoms with van der Waals surface area (Å²) in [6.07, 6.45) is 3.64. The molecule has 0 saturated carbocycles. The van der Waals surface area contributed by atoms with Crippen LogP contribution in [-0.4, -0.2) is 32.2 Å². The summed E-state index contributed by atoms with van der Waals surface area (Å²) >= 11 is 0. The Kier molecular flexibility index (Phi) is 4.08. The third kappa shape index (κ3) is 2.94. The number of ether oxygens (including phenoxy) is 1. The molecule has 3 rings (SSSR count). The van der Waals surface area contributed by atoms with E-state index >= 15 is 0 Å². The van der Waals surface area contributed by atoms with Crippen LogP contribution in [0.4, 0.5) is 0 Å². The topological polar surface area (TPSA) is 97.3 Å². The van der Waals surface area contributed by atoms with E-state index in [4.69, 9.17) is 4.74 Å².